The minimum absolute atomic E-state index is 0.0351. The second kappa shape index (κ2) is 10.2. The Hall–Kier alpha value is -3.17. The smallest absolute Gasteiger partial charge is 0.327 e. The van der Waals surface area contributed by atoms with Gasteiger partial charge in [0.15, 0.2) is 0 Å². The molecule has 1 N–H and O–H groups in total. The Bertz CT molecular complexity index is 1150. The number of methoxy groups -OCH3 is 1. The monoisotopic (exact) mass is 469 g/mol. The lowest BCUT2D eigenvalue weighted by Crippen LogP contribution is -2.33. The van der Waals surface area contributed by atoms with Gasteiger partial charge in [0.25, 0.3) is 11.3 Å². The summed E-state index contributed by atoms with van der Waals surface area (Å²) in [5.41, 5.74) is 4.39. The number of benzene rings is 2. The number of hydrogen-bond donors (Lipinski definition) is 1. The fourth-order valence-corrected chi connectivity index (χ4v) is 5.03. The van der Waals surface area contributed by atoms with Gasteiger partial charge < -0.3 is 9.47 Å². The van der Waals surface area contributed by atoms with Crippen molar-refractivity contribution in [2.24, 2.45) is 0 Å². The van der Waals surface area contributed by atoms with Gasteiger partial charge in [0.2, 0.25) is 0 Å². The molecule has 1 aromatic heterocycles. The highest BCUT2D eigenvalue weighted by Gasteiger charge is 2.32. The summed E-state index contributed by atoms with van der Waals surface area (Å²) in [6.45, 7) is 2.11. The molecule has 0 saturated carbocycles. The van der Waals surface area contributed by atoms with Gasteiger partial charge in [0.1, 0.15) is 12.3 Å². The molecule has 2 atom stereocenters. The summed E-state index contributed by atoms with van der Waals surface area (Å²) < 4.78 is 36.1. The topological polar surface area (TPSA) is 93.9 Å². The predicted molar refractivity (Wildman–Crippen MR) is 126 cm³/mol. The first-order chi connectivity index (χ1) is 16.0. The van der Waals surface area contributed by atoms with E-state index < -0.39 is 11.3 Å². The van der Waals surface area contributed by atoms with E-state index in [1.807, 2.05) is 48.5 Å². The summed E-state index contributed by atoms with van der Waals surface area (Å²) >= 11 is -2.24. The number of hydrogen-bond acceptors (Lipinski definition) is 5. The first-order valence-corrected chi connectivity index (χ1v) is 11.9. The predicted octanol–water partition coefficient (Wildman–Crippen LogP) is 4.14. The number of aromatic nitrogens is 2. The van der Waals surface area contributed by atoms with Crippen molar-refractivity contribution >= 4 is 22.9 Å². The number of carbonyl (C=O) groups excluding carboxylic acids is 1. The summed E-state index contributed by atoms with van der Waals surface area (Å²) in [7, 11) is 1.63. The van der Waals surface area contributed by atoms with Gasteiger partial charge >= 0.3 is 5.97 Å². The zero-order chi connectivity index (χ0) is 23.4. The quantitative estimate of drug-likeness (QED) is 0.394. The summed E-state index contributed by atoms with van der Waals surface area (Å²) in [6, 6.07) is 15.0. The van der Waals surface area contributed by atoms with E-state index in [0.717, 1.165) is 41.0 Å². The van der Waals surface area contributed by atoms with Crippen molar-refractivity contribution in [2.45, 2.75) is 38.8 Å². The van der Waals surface area contributed by atoms with Crippen LogP contribution in [0.1, 0.15) is 37.1 Å². The standard InChI is InChI=1S/C24H27N3O5S/c1-3-32-24(28)16-26-22-8-5-9-23(21(22)15-25-26)27(33(29)30)19-12-10-17(11-13-19)18-6-4-7-20(14-18)31-2/h4,6-7,10-15,23H,3,5,8-9,16H2,1-2H3,(H,29,30). The third-order valence-corrected chi connectivity index (χ3v) is 6.59. The van der Waals surface area contributed by atoms with Crippen molar-refractivity contribution in [1.82, 2.24) is 9.78 Å². The Morgan fingerprint density at radius 2 is 2.03 bits per heavy atom. The van der Waals surface area contributed by atoms with Crippen LogP contribution < -0.4 is 9.04 Å². The lowest BCUT2D eigenvalue weighted by molar-refractivity contribution is -0.144. The minimum Gasteiger partial charge on any atom is -0.497 e. The normalized spacial score (nSPS) is 16.0. The van der Waals surface area contributed by atoms with Crippen molar-refractivity contribution in [3.8, 4) is 16.9 Å². The maximum absolute atomic E-state index is 12.4. The van der Waals surface area contributed by atoms with Crippen LogP contribution in [0.15, 0.2) is 54.7 Å². The average molecular weight is 470 g/mol. The van der Waals surface area contributed by atoms with E-state index in [0.29, 0.717) is 18.7 Å². The van der Waals surface area contributed by atoms with E-state index in [9.17, 15) is 13.6 Å². The second-order valence-electron chi connectivity index (χ2n) is 7.75. The number of ether oxygens (including phenoxy) is 2. The van der Waals surface area contributed by atoms with E-state index in [2.05, 4.69) is 5.10 Å². The molecule has 4 rings (SSSR count). The molecule has 0 fully saturated rings. The Labute approximate surface area is 195 Å². The molecule has 0 amide bonds. The molecule has 3 aromatic rings. The van der Waals surface area contributed by atoms with Crippen LogP contribution in [-0.2, 0) is 33.8 Å². The minimum atomic E-state index is -2.24. The molecule has 2 aromatic carbocycles. The van der Waals surface area contributed by atoms with E-state index in [-0.39, 0.29) is 18.6 Å². The molecule has 0 radical (unpaired) electrons. The molecule has 1 aliphatic carbocycles. The van der Waals surface area contributed by atoms with Crippen LogP contribution >= 0.6 is 0 Å². The van der Waals surface area contributed by atoms with Gasteiger partial charge in [0.05, 0.1) is 31.6 Å². The molecule has 0 aliphatic heterocycles. The number of fused-ring (bicyclic) bond motifs is 1. The van der Waals surface area contributed by atoms with Crippen molar-refractivity contribution in [2.75, 3.05) is 18.0 Å². The highest BCUT2D eigenvalue weighted by atomic mass is 32.2. The van der Waals surface area contributed by atoms with Crippen LogP contribution in [0, 0.1) is 0 Å². The van der Waals surface area contributed by atoms with Crippen LogP contribution in [0.25, 0.3) is 11.1 Å². The number of nitrogens with zero attached hydrogens (tertiary/aromatic N) is 3. The van der Waals surface area contributed by atoms with Crippen LogP contribution in [0.2, 0.25) is 0 Å². The molecule has 174 valence electrons. The Balaban J connectivity index is 1.62. The van der Waals surface area contributed by atoms with Crippen LogP contribution in [0.4, 0.5) is 5.69 Å². The van der Waals surface area contributed by atoms with Crippen molar-refractivity contribution in [1.29, 1.82) is 0 Å². The highest BCUT2D eigenvalue weighted by molar-refractivity contribution is 7.80. The molecular formula is C24H27N3O5S. The molecule has 0 spiro atoms. The summed E-state index contributed by atoms with van der Waals surface area (Å²) in [4.78, 5) is 11.9. The summed E-state index contributed by atoms with van der Waals surface area (Å²) in [5, 5.41) is 4.37. The molecule has 1 heterocycles. The van der Waals surface area contributed by atoms with Gasteiger partial charge in [-0.15, -0.1) is 0 Å². The molecule has 1 aliphatic rings. The van der Waals surface area contributed by atoms with Crippen LogP contribution in [0.5, 0.6) is 5.75 Å². The van der Waals surface area contributed by atoms with Crippen LogP contribution in [0.3, 0.4) is 0 Å². The lowest BCUT2D eigenvalue weighted by atomic mass is 9.92. The molecule has 9 heteroatoms. The molecule has 0 bridgehead atoms. The fraction of sp³-hybridized carbons (Fsp3) is 0.333. The van der Waals surface area contributed by atoms with E-state index in [4.69, 9.17) is 9.47 Å². The van der Waals surface area contributed by atoms with E-state index in [1.54, 1.807) is 24.9 Å². The second-order valence-corrected chi connectivity index (χ2v) is 8.61. The van der Waals surface area contributed by atoms with Crippen LogP contribution in [-0.4, -0.2) is 38.2 Å². The van der Waals surface area contributed by atoms with Gasteiger partial charge in [-0.25, -0.2) is 4.21 Å². The van der Waals surface area contributed by atoms with Crippen molar-refractivity contribution < 1.29 is 23.0 Å². The van der Waals surface area contributed by atoms with Gasteiger partial charge in [-0.05, 0) is 61.6 Å². The van der Waals surface area contributed by atoms with Gasteiger partial charge in [-0.3, -0.25) is 18.3 Å². The Kier molecular flexibility index (Phi) is 7.10. The third kappa shape index (κ3) is 4.94. The molecule has 0 saturated heterocycles. The zero-order valence-electron chi connectivity index (χ0n) is 18.6. The zero-order valence-corrected chi connectivity index (χ0v) is 19.5. The first kappa shape index (κ1) is 23.0. The van der Waals surface area contributed by atoms with E-state index in [1.165, 1.54) is 4.31 Å². The largest absolute Gasteiger partial charge is 0.497 e. The van der Waals surface area contributed by atoms with Crippen molar-refractivity contribution in [3.05, 3.63) is 66.0 Å². The number of rotatable bonds is 8. The van der Waals surface area contributed by atoms with Gasteiger partial charge in [-0.2, -0.15) is 5.10 Å². The number of esters is 1. The van der Waals surface area contributed by atoms with Gasteiger partial charge in [0, 0.05) is 11.3 Å². The maximum atomic E-state index is 12.4. The molecular weight excluding hydrogens is 442 g/mol. The maximum Gasteiger partial charge on any atom is 0.327 e. The molecule has 2 unspecified atom stereocenters. The summed E-state index contributed by atoms with van der Waals surface area (Å²) in [5.74, 6) is 0.422. The highest BCUT2D eigenvalue weighted by Crippen LogP contribution is 2.38. The third-order valence-electron chi connectivity index (χ3n) is 5.79. The Morgan fingerprint density at radius 3 is 2.73 bits per heavy atom. The first-order valence-electron chi connectivity index (χ1n) is 10.9. The fourth-order valence-electron chi connectivity index (χ4n) is 4.29. The number of anilines is 1. The lowest BCUT2D eigenvalue weighted by Gasteiger charge is -2.33. The average Bonchev–Trinajstić information content (AvgIpc) is 3.23. The van der Waals surface area contributed by atoms with E-state index >= 15 is 0 Å². The SMILES string of the molecule is CCOC(=O)Cn1ncc2c1CCCC2N(c1ccc(-c2cccc(OC)c2)cc1)S(=O)O. The molecule has 33 heavy (non-hydrogen) atoms. The summed E-state index contributed by atoms with van der Waals surface area (Å²) in [6.07, 6.45) is 3.98. The Morgan fingerprint density at radius 1 is 1.24 bits per heavy atom. The van der Waals surface area contributed by atoms with Crippen molar-refractivity contribution in [3.63, 3.8) is 0 Å². The molecule has 8 nitrogen and oxygen atoms in total. The van der Waals surface area contributed by atoms with Gasteiger partial charge in [-0.1, -0.05) is 24.3 Å². The number of carbonyl (C=O) groups is 1.